The van der Waals surface area contributed by atoms with Crippen LogP contribution in [-0.2, 0) is 4.79 Å². The molecule has 0 radical (unpaired) electrons. The Balaban J connectivity index is 4.05. The van der Waals surface area contributed by atoms with Gasteiger partial charge in [0, 0.05) is 7.05 Å². The van der Waals surface area contributed by atoms with E-state index >= 15 is 0 Å². The average molecular weight is 146 g/mol. The Labute approximate surface area is 58.6 Å². The molecule has 5 nitrogen and oxygen atoms in total. The van der Waals surface area contributed by atoms with Crippen LogP contribution in [0.3, 0.4) is 0 Å². The highest BCUT2D eigenvalue weighted by atomic mass is 16.4. The molecule has 0 rings (SSSR count). The van der Waals surface area contributed by atoms with Gasteiger partial charge in [-0.3, -0.25) is 0 Å². The maximum atomic E-state index is 10.3. The summed E-state index contributed by atoms with van der Waals surface area (Å²) in [5, 5.41) is 11.8. The van der Waals surface area contributed by atoms with Crippen molar-refractivity contribution in [2.75, 3.05) is 7.05 Å². The maximum Gasteiger partial charge on any atom is 0.328 e. The van der Waals surface area contributed by atoms with Crippen LogP contribution in [-0.4, -0.2) is 29.2 Å². The molecule has 0 aliphatic carbocycles. The molecule has 0 bridgehead atoms. The summed E-state index contributed by atoms with van der Waals surface area (Å²) in [7, 11) is 1.34. The third kappa shape index (κ3) is 2.00. The lowest BCUT2D eigenvalue weighted by Gasteiger charge is -2.15. The second-order valence-corrected chi connectivity index (χ2v) is 1.92. The fraction of sp³-hybridized carbons (Fsp3) is 0.800. The lowest BCUT2D eigenvalue weighted by Crippen LogP contribution is -2.33. The van der Waals surface area contributed by atoms with Gasteiger partial charge in [-0.2, -0.15) is 0 Å². The van der Waals surface area contributed by atoms with Crippen LogP contribution in [0.5, 0.6) is 0 Å². The summed E-state index contributed by atoms with van der Waals surface area (Å²) in [4.78, 5) is 20.1. The quantitative estimate of drug-likeness (QED) is 0.462. The molecule has 1 atom stereocenters. The van der Waals surface area contributed by atoms with Gasteiger partial charge in [0.15, 0.2) is 0 Å². The molecule has 0 aromatic heterocycles. The molecule has 0 aromatic carbocycles. The number of hydrogen-bond donors (Lipinski definition) is 1. The van der Waals surface area contributed by atoms with Crippen molar-refractivity contribution in [2.45, 2.75) is 19.4 Å². The van der Waals surface area contributed by atoms with E-state index in [1.54, 1.807) is 6.92 Å². The minimum atomic E-state index is -1.02. The Morgan fingerprint density at radius 3 is 2.40 bits per heavy atom. The third-order valence-electron chi connectivity index (χ3n) is 1.25. The molecule has 5 heteroatoms. The van der Waals surface area contributed by atoms with Gasteiger partial charge < -0.3 is 5.11 Å². The van der Waals surface area contributed by atoms with Crippen molar-refractivity contribution in [3.8, 4) is 0 Å². The van der Waals surface area contributed by atoms with Gasteiger partial charge in [-0.05, 0) is 6.42 Å². The molecule has 0 saturated carbocycles. The average Bonchev–Trinajstić information content (AvgIpc) is 1.88. The van der Waals surface area contributed by atoms with Crippen molar-refractivity contribution < 1.29 is 9.90 Å². The van der Waals surface area contributed by atoms with E-state index in [1.807, 2.05) is 0 Å². The Morgan fingerprint density at radius 1 is 1.80 bits per heavy atom. The van der Waals surface area contributed by atoms with Crippen molar-refractivity contribution in [1.29, 1.82) is 0 Å². The molecule has 0 heterocycles. The Morgan fingerprint density at radius 2 is 2.30 bits per heavy atom. The molecule has 1 unspecified atom stereocenters. The summed E-state index contributed by atoms with van der Waals surface area (Å²) in [5.41, 5.74) is 0. The highest BCUT2D eigenvalue weighted by Crippen LogP contribution is 2.00. The van der Waals surface area contributed by atoms with Gasteiger partial charge in [0.25, 0.3) is 0 Å². The topological polar surface area (TPSA) is 70.0 Å². The minimum absolute atomic E-state index is 0.373. The molecular weight excluding hydrogens is 136 g/mol. The number of carboxylic acids is 1. The summed E-state index contributed by atoms with van der Waals surface area (Å²) in [6, 6.07) is -0.794. The van der Waals surface area contributed by atoms with E-state index in [4.69, 9.17) is 5.11 Å². The molecule has 0 aromatic rings. The molecule has 10 heavy (non-hydrogen) atoms. The molecule has 0 aliphatic heterocycles. The SMILES string of the molecule is CCC(C(=O)O)N(C)N=O. The summed E-state index contributed by atoms with van der Waals surface area (Å²) >= 11 is 0. The van der Waals surface area contributed by atoms with Gasteiger partial charge in [0.05, 0.1) is 5.29 Å². The number of rotatable bonds is 4. The number of carboxylic acid groups (broad SMARTS) is 1. The van der Waals surface area contributed by atoms with Crippen LogP contribution in [0.4, 0.5) is 0 Å². The molecule has 58 valence electrons. The summed E-state index contributed by atoms with van der Waals surface area (Å²) in [5.74, 6) is -1.02. The smallest absolute Gasteiger partial charge is 0.328 e. The second-order valence-electron chi connectivity index (χ2n) is 1.92. The van der Waals surface area contributed by atoms with Crippen LogP contribution in [0.1, 0.15) is 13.3 Å². The highest BCUT2D eigenvalue weighted by molar-refractivity contribution is 5.73. The zero-order valence-electron chi connectivity index (χ0n) is 5.94. The second kappa shape index (κ2) is 3.81. The first kappa shape index (κ1) is 8.87. The Hall–Kier alpha value is -1.13. The first-order chi connectivity index (χ1) is 4.63. The van der Waals surface area contributed by atoms with Gasteiger partial charge in [0.1, 0.15) is 6.04 Å². The van der Waals surface area contributed by atoms with Crippen molar-refractivity contribution in [3.05, 3.63) is 4.91 Å². The molecule has 1 N–H and O–H groups in total. The van der Waals surface area contributed by atoms with E-state index in [0.29, 0.717) is 6.42 Å². The Kier molecular flexibility index (Phi) is 3.38. The number of nitroso groups, excluding NO2 is 1. The molecule has 0 fully saturated rings. The largest absolute Gasteiger partial charge is 0.480 e. The fourth-order valence-electron chi connectivity index (χ4n) is 0.656. The third-order valence-corrected chi connectivity index (χ3v) is 1.25. The minimum Gasteiger partial charge on any atom is -0.480 e. The first-order valence-electron chi connectivity index (χ1n) is 2.92. The zero-order chi connectivity index (χ0) is 8.15. The van der Waals surface area contributed by atoms with E-state index in [0.717, 1.165) is 5.01 Å². The molecule has 0 saturated heterocycles. The summed E-state index contributed by atoms with van der Waals surface area (Å²) in [6.45, 7) is 1.68. The van der Waals surface area contributed by atoms with E-state index < -0.39 is 12.0 Å². The van der Waals surface area contributed by atoms with Crippen LogP contribution >= 0.6 is 0 Å². The van der Waals surface area contributed by atoms with Gasteiger partial charge in [0.2, 0.25) is 0 Å². The number of hydrogen-bond acceptors (Lipinski definition) is 3. The molecular formula is C5H10N2O3. The van der Waals surface area contributed by atoms with Gasteiger partial charge in [-0.1, -0.05) is 6.92 Å². The number of carbonyl (C=O) groups is 1. The van der Waals surface area contributed by atoms with Crippen LogP contribution in [0.15, 0.2) is 5.29 Å². The molecule has 0 aliphatic rings. The highest BCUT2D eigenvalue weighted by Gasteiger charge is 2.19. The van der Waals surface area contributed by atoms with E-state index in [2.05, 4.69) is 5.29 Å². The number of nitrogens with zero attached hydrogens (tertiary/aromatic N) is 2. The van der Waals surface area contributed by atoms with Gasteiger partial charge >= 0.3 is 5.97 Å². The maximum absolute atomic E-state index is 10.3. The lowest BCUT2D eigenvalue weighted by atomic mass is 10.2. The molecule has 0 spiro atoms. The standard InChI is InChI=1S/C5H10N2O3/c1-3-4(5(8)9)7(2)6-10/h4H,3H2,1-2H3,(H,8,9). The predicted octanol–water partition coefficient (Wildman–Crippen LogP) is 0.463. The molecule has 0 amide bonds. The fourth-order valence-corrected chi connectivity index (χ4v) is 0.656. The van der Waals surface area contributed by atoms with Crippen LogP contribution in [0, 0.1) is 4.91 Å². The normalized spacial score (nSPS) is 12.2. The van der Waals surface area contributed by atoms with E-state index in [1.165, 1.54) is 7.05 Å². The predicted molar refractivity (Wildman–Crippen MR) is 35.3 cm³/mol. The van der Waals surface area contributed by atoms with Gasteiger partial charge in [-0.25, -0.2) is 9.80 Å². The van der Waals surface area contributed by atoms with Crippen LogP contribution in [0.25, 0.3) is 0 Å². The van der Waals surface area contributed by atoms with Crippen molar-refractivity contribution in [3.63, 3.8) is 0 Å². The number of aliphatic carboxylic acids is 1. The van der Waals surface area contributed by atoms with Crippen LogP contribution in [0.2, 0.25) is 0 Å². The van der Waals surface area contributed by atoms with Crippen molar-refractivity contribution in [2.24, 2.45) is 5.29 Å². The monoisotopic (exact) mass is 146 g/mol. The van der Waals surface area contributed by atoms with E-state index in [-0.39, 0.29) is 0 Å². The summed E-state index contributed by atoms with van der Waals surface area (Å²) in [6.07, 6.45) is 0.373. The lowest BCUT2D eigenvalue weighted by molar-refractivity contribution is -0.142. The summed E-state index contributed by atoms with van der Waals surface area (Å²) < 4.78 is 0. The van der Waals surface area contributed by atoms with Gasteiger partial charge in [-0.15, -0.1) is 4.91 Å². The van der Waals surface area contributed by atoms with Crippen molar-refractivity contribution in [1.82, 2.24) is 5.01 Å². The first-order valence-corrected chi connectivity index (χ1v) is 2.92. The number of likely N-dealkylation sites (N-methyl/N-ethyl adjacent to an activating group) is 1. The zero-order valence-corrected chi connectivity index (χ0v) is 5.94. The van der Waals surface area contributed by atoms with E-state index in [9.17, 15) is 9.70 Å². The Bertz CT molecular complexity index is 137. The van der Waals surface area contributed by atoms with Crippen LogP contribution < -0.4 is 0 Å². The van der Waals surface area contributed by atoms with Crippen molar-refractivity contribution >= 4 is 5.97 Å².